The first kappa shape index (κ1) is 28.6. The standard InChI is InChI=1S/C40H28N2O4/c43-39(31-13-3-1-4-14-31)45-37(35-33-17-9-7-11-27(33)23-25-41-35)29-19-21-30(22-20-29)38(46-40(44)32-15-5-2-6-16-32)36-34-18-10-8-12-28(34)24-26-42-36/h1-26,37-38H. The van der Waals surface area contributed by atoms with E-state index < -0.39 is 24.1 Å². The quantitative estimate of drug-likeness (QED) is 0.162. The molecule has 0 bridgehead atoms. The van der Waals surface area contributed by atoms with Crippen molar-refractivity contribution in [3.63, 3.8) is 0 Å². The van der Waals surface area contributed by atoms with Crippen molar-refractivity contribution in [3.8, 4) is 0 Å². The van der Waals surface area contributed by atoms with Crippen LogP contribution < -0.4 is 0 Å². The maximum atomic E-state index is 13.4. The molecule has 2 heterocycles. The smallest absolute Gasteiger partial charge is 0.339 e. The Kier molecular flexibility index (Phi) is 7.99. The lowest BCUT2D eigenvalue weighted by Crippen LogP contribution is -2.16. The molecule has 2 atom stereocenters. The number of carbonyl (C=O) groups is 2. The van der Waals surface area contributed by atoms with Crippen LogP contribution in [0.2, 0.25) is 0 Å². The van der Waals surface area contributed by atoms with E-state index in [0.717, 1.165) is 32.7 Å². The van der Waals surface area contributed by atoms with Gasteiger partial charge in [-0.25, -0.2) is 9.59 Å². The Labute approximate surface area is 265 Å². The van der Waals surface area contributed by atoms with Crippen LogP contribution in [0.15, 0.2) is 158 Å². The molecule has 0 N–H and O–H groups in total. The third kappa shape index (κ3) is 5.84. The number of pyridine rings is 2. The van der Waals surface area contributed by atoms with Gasteiger partial charge in [0.05, 0.1) is 22.5 Å². The summed E-state index contributed by atoms with van der Waals surface area (Å²) in [4.78, 5) is 36.1. The van der Waals surface area contributed by atoms with Crippen LogP contribution in [-0.4, -0.2) is 21.9 Å². The predicted octanol–water partition coefficient (Wildman–Crippen LogP) is 8.68. The zero-order valence-corrected chi connectivity index (χ0v) is 24.7. The summed E-state index contributed by atoms with van der Waals surface area (Å²) in [6, 6.07) is 45.0. The van der Waals surface area contributed by atoms with Crippen molar-refractivity contribution in [1.82, 2.24) is 9.97 Å². The first-order valence-electron chi connectivity index (χ1n) is 14.9. The van der Waals surface area contributed by atoms with Crippen LogP contribution in [0.3, 0.4) is 0 Å². The summed E-state index contributed by atoms with van der Waals surface area (Å²) >= 11 is 0. The van der Waals surface area contributed by atoms with Crippen molar-refractivity contribution in [3.05, 3.63) is 192 Å². The first-order valence-corrected chi connectivity index (χ1v) is 14.9. The molecule has 0 saturated carbocycles. The summed E-state index contributed by atoms with van der Waals surface area (Å²) in [6.45, 7) is 0. The lowest BCUT2D eigenvalue weighted by molar-refractivity contribution is 0.0359. The molecule has 6 nitrogen and oxygen atoms in total. The largest absolute Gasteiger partial charge is 0.447 e. The number of hydrogen-bond donors (Lipinski definition) is 0. The van der Waals surface area contributed by atoms with Crippen LogP contribution >= 0.6 is 0 Å². The number of rotatable bonds is 8. The van der Waals surface area contributed by atoms with Gasteiger partial charge in [0.15, 0.2) is 12.2 Å². The molecule has 2 unspecified atom stereocenters. The molecule has 5 aromatic carbocycles. The van der Waals surface area contributed by atoms with E-state index >= 15 is 0 Å². The zero-order chi connectivity index (χ0) is 31.3. The highest BCUT2D eigenvalue weighted by molar-refractivity contribution is 5.91. The molecule has 0 aliphatic rings. The molecule has 0 aliphatic carbocycles. The van der Waals surface area contributed by atoms with Crippen molar-refractivity contribution in [2.45, 2.75) is 12.2 Å². The summed E-state index contributed by atoms with van der Waals surface area (Å²) in [6.07, 6.45) is 1.85. The fourth-order valence-corrected chi connectivity index (χ4v) is 5.61. The number of fused-ring (bicyclic) bond motifs is 2. The van der Waals surface area contributed by atoms with Gasteiger partial charge in [-0.3, -0.25) is 9.97 Å². The SMILES string of the molecule is O=C(OC(c1ccc(C(OC(=O)c2ccccc2)c2nccc3ccccc23)cc1)c1nccc2ccccc12)c1ccccc1. The zero-order valence-electron chi connectivity index (χ0n) is 24.7. The second-order valence-electron chi connectivity index (χ2n) is 10.8. The Hall–Kier alpha value is -6.14. The highest BCUT2D eigenvalue weighted by Gasteiger charge is 2.27. The van der Waals surface area contributed by atoms with Crippen LogP contribution in [0.1, 0.15) is 55.4 Å². The van der Waals surface area contributed by atoms with E-state index in [1.54, 1.807) is 60.9 Å². The van der Waals surface area contributed by atoms with E-state index in [0.29, 0.717) is 22.5 Å². The molecule has 0 aliphatic heterocycles. The van der Waals surface area contributed by atoms with Crippen LogP contribution in [0, 0.1) is 0 Å². The summed E-state index contributed by atoms with van der Waals surface area (Å²) in [5.41, 5.74) is 3.57. The minimum Gasteiger partial charge on any atom is -0.447 e. The average Bonchev–Trinajstić information content (AvgIpc) is 3.13. The summed E-state index contributed by atoms with van der Waals surface area (Å²) in [5.74, 6) is -0.918. The molecule has 2 aromatic heterocycles. The molecule has 0 spiro atoms. The Morgan fingerprint density at radius 2 is 0.804 bits per heavy atom. The summed E-state index contributed by atoms with van der Waals surface area (Å²) in [7, 11) is 0. The van der Waals surface area contributed by atoms with Crippen molar-refractivity contribution in [2.24, 2.45) is 0 Å². The van der Waals surface area contributed by atoms with E-state index in [9.17, 15) is 9.59 Å². The van der Waals surface area contributed by atoms with Crippen LogP contribution in [0.4, 0.5) is 0 Å². The molecule has 7 rings (SSSR count). The normalized spacial score (nSPS) is 12.3. The molecule has 0 radical (unpaired) electrons. The maximum absolute atomic E-state index is 13.4. The Balaban J connectivity index is 1.30. The van der Waals surface area contributed by atoms with Crippen LogP contribution in [-0.2, 0) is 9.47 Å². The second-order valence-corrected chi connectivity index (χ2v) is 10.8. The van der Waals surface area contributed by atoms with E-state index in [2.05, 4.69) is 9.97 Å². The highest BCUT2D eigenvalue weighted by Crippen LogP contribution is 2.35. The Bertz CT molecular complexity index is 1980. The van der Waals surface area contributed by atoms with Gasteiger partial charge in [0.1, 0.15) is 0 Å². The Morgan fingerprint density at radius 3 is 1.22 bits per heavy atom. The van der Waals surface area contributed by atoms with Gasteiger partial charge < -0.3 is 9.47 Å². The lowest BCUT2D eigenvalue weighted by Gasteiger charge is -2.22. The molecule has 7 aromatic rings. The van der Waals surface area contributed by atoms with E-state index in [1.807, 2.05) is 97.1 Å². The fourth-order valence-electron chi connectivity index (χ4n) is 5.61. The van der Waals surface area contributed by atoms with Gasteiger partial charge in [0.25, 0.3) is 0 Å². The highest BCUT2D eigenvalue weighted by atomic mass is 16.5. The van der Waals surface area contributed by atoms with Crippen molar-refractivity contribution in [1.29, 1.82) is 0 Å². The monoisotopic (exact) mass is 600 g/mol. The van der Waals surface area contributed by atoms with Gasteiger partial charge in [0, 0.05) is 23.2 Å². The van der Waals surface area contributed by atoms with Gasteiger partial charge in [-0.2, -0.15) is 0 Å². The second kappa shape index (κ2) is 12.8. The molecular formula is C40H28N2O4. The van der Waals surface area contributed by atoms with Crippen LogP contribution in [0.25, 0.3) is 21.5 Å². The molecule has 46 heavy (non-hydrogen) atoms. The van der Waals surface area contributed by atoms with Gasteiger partial charge in [-0.15, -0.1) is 0 Å². The van der Waals surface area contributed by atoms with Gasteiger partial charge in [-0.05, 0) is 58.3 Å². The molecule has 0 saturated heterocycles. The number of esters is 2. The molecule has 0 fully saturated rings. The predicted molar refractivity (Wildman–Crippen MR) is 177 cm³/mol. The topological polar surface area (TPSA) is 78.4 Å². The number of benzene rings is 5. The van der Waals surface area contributed by atoms with E-state index in [-0.39, 0.29) is 0 Å². The molecule has 0 amide bonds. The van der Waals surface area contributed by atoms with E-state index in [4.69, 9.17) is 9.47 Å². The average molecular weight is 601 g/mol. The van der Waals surface area contributed by atoms with E-state index in [1.165, 1.54) is 0 Å². The molecular weight excluding hydrogens is 572 g/mol. The van der Waals surface area contributed by atoms with Crippen molar-refractivity contribution >= 4 is 33.5 Å². The third-order valence-electron chi connectivity index (χ3n) is 7.92. The van der Waals surface area contributed by atoms with Gasteiger partial charge >= 0.3 is 11.9 Å². The van der Waals surface area contributed by atoms with Crippen molar-refractivity contribution < 1.29 is 19.1 Å². The number of nitrogens with zero attached hydrogens (tertiary/aromatic N) is 2. The molecule has 222 valence electrons. The fraction of sp³-hybridized carbons (Fsp3) is 0.0500. The van der Waals surface area contributed by atoms with Gasteiger partial charge in [0.2, 0.25) is 0 Å². The van der Waals surface area contributed by atoms with Crippen molar-refractivity contribution in [2.75, 3.05) is 0 Å². The summed E-state index contributed by atoms with van der Waals surface area (Å²) in [5, 5.41) is 3.74. The minimum absolute atomic E-state index is 0.444. The van der Waals surface area contributed by atoms with Crippen LogP contribution in [0.5, 0.6) is 0 Å². The van der Waals surface area contributed by atoms with Gasteiger partial charge in [-0.1, -0.05) is 109 Å². The number of ether oxygens (including phenoxy) is 2. The third-order valence-corrected chi connectivity index (χ3v) is 7.92. The minimum atomic E-state index is -0.797. The summed E-state index contributed by atoms with van der Waals surface area (Å²) < 4.78 is 12.4. The number of aromatic nitrogens is 2. The molecule has 6 heteroatoms. The first-order chi connectivity index (χ1) is 22.7. The lowest BCUT2D eigenvalue weighted by atomic mass is 9.96. The Morgan fingerprint density at radius 1 is 0.435 bits per heavy atom. The maximum Gasteiger partial charge on any atom is 0.339 e. The number of hydrogen-bond acceptors (Lipinski definition) is 6. The number of carbonyl (C=O) groups excluding carboxylic acids is 2.